The van der Waals surface area contributed by atoms with Gasteiger partial charge in [-0.25, -0.2) is 4.98 Å². The molecule has 1 aliphatic rings. The summed E-state index contributed by atoms with van der Waals surface area (Å²) in [4.78, 5) is 19.1. The van der Waals surface area contributed by atoms with Crippen molar-refractivity contribution in [2.24, 2.45) is 5.92 Å². The van der Waals surface area contributed by atoms with Crippen molar-refractivity contribution in [1.29, 1.82) is 0 Å². The van der Waals surface area contributed by atoms with Gasteiger partial charge in [-0.05, 0) is 51.8 Å². The molecule has 0 radical (unpaired) electrons. The number of aryl methyl sites for hydroxylation is 1. The maximum atomic E-state index is 12.3. The average molecular weight is 315 g/mol. The number of nitrogens with zero attached hydrogens (tertiary/aromatic N) is 5. The van der Waals surface area contributed by atoms with Crippen LogP contribution in [0.15, 0.2) is 29.6 Å². The van der Waals surface area contributed by atoms with E-state index in [-0.39, 0.29) is 5.56 Å². The molecule has 0 saturated carbocycles. The quantitative estimate of drug-likeness (QED) is 0.838. The Bertz CT molecular complexity index is 684. The summed E-state index contributed by atoms with van der Waals surface area (Å²) in [5.74, 6) is 0.567. The van der Waals surface area contributed by atoms with Crippen LogP contribution < -0.4 is 5.56 Å². The minimum atomic E-state index is 0.110. The summed E-state index contributed by atoms with van der Waals surface area (Å²) in [6.45, 7) is 8.72. The molecular formula is C17H25N5O. The van der Waals surface area contributed by atoms with Crippen LogP contribution in [0, 0.1) is 19.8 Å². The van der Waals surface area contributed by atoms with E-state index in [0.717, 1.165) is 56.8 Å². The fourth-order valence-corrected chi connectivity index (χ4v) is 3.15. The SMILES string of the molecule is Cc1ncn(CC2CCN(CCn3cccn3)CC2)c(=O)c1C. The van der Waals surface area contributed by atoms with Crippen LogP contribution in [0.2, 0.25) is 0 Å². The second-order valence-electron chi connectivity index (χ2n) is 6.47. The summed E-state index contributed by atoms with van der Waals surface area (Å²) < 4.78 is 3.76. The Morgan fingerprint density at radius 2 is 2.00 bits per heavy atom. The van der Waals surface area contributed by atoms with Crippen LogP contribution >= 0.6 is 0 Å². The molecule has 0 bridgehead atoms. The first-order chi connectivity index (χ1) is 11.1. The van der Waals surface area contributed by atoms with Crippen LogP contribution in [0.3, 0.4) is 0 Å². The molecule has 6 nitrogen and oxygen atoms in total. The topological polar surface area (TPSA) is 56.0 Å². The lowest BCUT2D eigenvalue weighted by Crippen LogP contribution is -2.38. The van der Waals surface area contributed by atoms with Gasteiger partial charge in [0.15, 0.2) is 0 Å². The molecule has 0 N–H and O–H groups in total. The van der Waals surface area contributed by atoms with Crippen LogP contribution in [0.4, 0.5) is 0 Å². The smallest absolute Gasteiger partial charge is 0.256 e. The minimum Gasteiger partial charge on any atom is -0.301 e. The standard InChI is InChI=1S/C17H25N5O/c1-14-15(2)18-13-21(17(14)23)12-16-4-8-20(9-5-16)10-11-22-7-3-6-19-22/h3,6-7,13,16H,4-5,8-12H2,1-2H3. The molecule has 0 amide bonds. The molecule has 1 fully saturated rings. The molecule has 23 heavy (non-hydrogen) atoms. The van der Waals surface area contributed by atoms with Crippen LogP contribution in [-0.2, 0) is 13.1 Å². The maximum absolute atomic E-state index is 12.3. The summed E-state index contributed by atoms with van der Waals surface area (Å²) in [5, 5.41) is 4.24. The largest absolute Gasteiger partial charge is 0.301 e. The fraction of sp³-hybridized carbons (Fsp3) is 0.588. The Labute approximate surface area is 136 Å². The molecule has 0 aliphatic carbocycles. The lowest BCUT2D eigenvalue weighted by atomic mass is 9.96. The molecule has 3 heterocycles. The van der Waals surface area contributed by atoms with Crippen molar-refractivity contribution in [2.45, 2.75) is 39.8 Å². The third-order valence-corrected chi connectivity index (χ3v) is 4.88. The number of likely N-dealkylation sites (tertiary alicyclic amines) is 1. The number of hydrogen-bond donors (Lipinski definition) is 0. The monoisotopic (exact) mass is 315 g/mol. The average Bonchev–Trinajstić information content (AvgIpc) is 3.08. The zero-order chi connectivity index (χ0) is 16.2. The molecule has 1 saturated heterocycles. The van der Waals surface area contributed by atoms with Crippen molar-refractivity contribution in [3.63, 3.8) is 0 Å². The van der Waals surface area contributed by atoms with Gasteiger partial charge in [0.2, 0.25) is 0 Å². The highest BCUT2D eigenvalue weighted by Gasteiger charge is 2.20. The maximum Gasteiger partial charge on any atom is 0.256 e. The zero-order valence-electron chi connectivity index (χ0n) is 14.0. The normalized spacial score (nSPS) is 16.8. The van der Waals surface area contributed by atoms with E-state index in [0.29, 0.717) is 5.92 Å². The van der Waals surface area contributed by atoms with Gasteiger partial charge in [-0.1, -0.05) is 0 Å². The van der Waals surface area contributed by atoms with Crippen LogP contribution in [0.1, 0.15) is 24.1 Å². The Morgan fingerprint density at radius 3 is 2.70 bits per heavy atom. The van der Waals surface area contributed by atoms with Gasteiger partial charge in [0.1, 0.15) is 0 Å². The van der Waals surface area contributed by atoms with E-state index in [1.807, 2.05) is 37.0 Å². The fourth-order valence-electron chi connectivity index (χ4n) is 3.15. The highest BCUT2D eigenvalue weighted by molar-refractivity contribution is 5.12. The van der Waals surface area contributed by atoms with E-state index in [2.05, 4.69) is 15.0 Å². The first-order valence-corrected chi connectivity index (χ1v) is 8.36. The summed E-state index contributed by atoms with van der Waals surface area (Å²) in [6, 6.07) is 1.96. The highest BCUT2D eigenvalue weighted by atomic mass is 16.1. The summed E-state index contributed by atoms with van der Waals surface area (Å²) in [7, 11) is 0. The molecule has 0 spiro atoms. The zero-order valence-corrected chi connectivity index (χ0v) is 14.0. The highest BCUT2D eigenvalue weighted by Crippen LogP contribution is 2.18. The van der Waals surface area contributed by atoms with Gasteiger partial charge in [0, 0.05) is 36.7 Å². The molecule has 2 aromatic heterocycles. The Kier molecular flexibility index (Phi) is 4.91. The Morgan fingerprint density at radius 1 is 1.22 bits per heavy atom. The number of rotatable bonds is 5. The predicted octanol–water partition coefficient (Wildman–Crippen LogP) is 1.47. The van der Waals surface area contributed by atoms with E-state index in [1.54, 1.807) is 10.9 Å². The van der Waals surface area contributed by atoms with E-state index in [4.69, 9.17) is 0 Å². The van der Waals surface area contributed by atoms with Gasteiger partial charge >= 0.3 is 0 Å². The van der Waals surface area contributed by atoms with E-state index >= 15 is 0 Å². The summed E-state index contributed by atoms with van der Waals surface area (Å²) >= 11 is 0. The molecule has 3 rings (SSSR count). The number of aromatic nitrogens is 4. The minimum absolute atomic E-state index is 0.110. The van der Waals surface area contributed by atoms with Crippen LogP contribution in [0.25, 0.3) is 0 Å². The summed E-state index contributed by atoms with van der Waals surface area (Å²) in [5.41, 5.74) is 1.71. The number of piperidine rings is 1. The van der Waals surface area contributed by atoms with Gasteiger partial charge in [0.05, 0.1) is 12.9 Å². The molecule has 1 aliphatic heterocycles. The Balaban J connectivity index is 1.49. The van der Waals surface area contributed by atoms with Gasteiger partial charge in [-0.3, -0.25) is 14.0 Å². The molecule has 0 atom stereocenters. The summed E-state index contributed by atoms with van der Waals surface area (Å²) in [6.07, 6.45) is 7.80. The molecule has 0 unspecified atom stereocenters. The van der Waals surface area contributed by atoms with Crippen molar-refractivity contribution in [3.8, 4) is 0 Å². The molecule has 124 valence electrons. The van der Waals surface area contributed by atoms with Gasteiger partial charge in [-0.2, -0.15) is 5.10 Å². The van der Waals surface area contributed by atoms with E-state index < -0.39 is 0 Å². The lowest BCUT2D eigenvalue weighted by Gasteiger charge is -2.32. The predicted molar refractivity (Wildman–Crippen MR) is 89.4 cm³/mol. The molecule has 0 aromatic carbocycles. The van der Waals surface area contributed by atoms with Crippen molar-refractivity contribution >= 4 is 0 Å². The molecular weight excluding hydrogens is 290 g/mol. The van der Waals surface area contributed by atoms with Crippen LogP contribution in [-0.4, -0.2) is 43.9 Å². The third kappa shape index (κ3) is 3.88. The van der Waals surface area contributed by atoms with Gasteiger partial charge in [0.25, 0.3) is 5.56 Å². The second kappa shape index (κ2) is 7.08. The van der Waals surface area contributed by atoms with Gasteiger partial charge in [-0.15, -0.1) is 0 Å². The van der Waals surface area contributed by atoms with Crippen molar-refractivity contribution in [3.05, 3.63) is 46.4 Å². The number of hydrogen-bond acceptors (Lipinski definition) is 4. The van der Waals surface area contributed by atoms with Crippen molar-refractivity contribution < 1.29 is 0 Å². The van der Waals surface area contributed by atoms with E-state index in [1.165, 1.54) is 0 Å². The van der Waals surface area contributed by atoms with Crippen LogP contribution in [0.5, 0.6) is 0 Å². The van der Waals surface area contributed by atoms with Crippen molar-refractivity contribution in [1.82, 2.24) is 24.2 Å². The molecule has 6 heteroatoms. The van der Waals surface area contributed by atoms with Gasteiger partial charge < -0.3 is 4.90 Å². The third-order valence-electron chi connectivity index (χ3n) is 4.88. The Hall–Kier alpha value is -1.95. The molecule has 2 aromatic rings. The van der Waals surface area contributed by atoms with Crippen molar-refractivity contribution in [2.75, 3.05) is 19.6 Å². The second-order valence-corrected chi connectivity index (χ2v) is 6.47. The first kappa shape index (κ1) is 15.9. The first-order valence-electron chi connectivity index (χ1n) is 8.36. The lowest BCUT2D eigenvalue weighted by molar-refractivity contribution is 0.166. The van der Waals surface area contributed by atoms with E-state index in [9.17, 15) is 4.79 Å².